The van der Waals surface area contributed by atoms with Crippen LogP contribution in [0.5, 0.6) is 0 Å². The summed E-state index contributed by atoms with van der Waals surface area (Å²) in [6.07, 6.45) is 1.69. The number of aromatic nitrogens is 1. The van der Waals surface area contributed by atoms with Crippen LogP contribution in [0.2, 0.25) is 0 Å². The number of pyridine rings is 1. The first-order valence-corrected chi connectivity index (χ1v) is 8.02. The Morgan fingerprint density at radius 2 is 1.64 bits per heavy atom. The van der Waals surface area contributed by atoms with Gasteiger partial charge >= 0.3 is 0 Å². The number of nitrogens with zero attached hydrogens (tertiary/aromatic N) is 1. The molecule has 0 spiro atoms. The molecular weight excluding hydrogens is 314 g/mol. The quantitative estimate of drug-likeness (QED) is 0.752. The molecule has 1 unspecified atom stereocenters. The van der Waals surface area contributed by atoms with Crippen LogP contribution in [0.1, 0.15) is 22.0 Å². The molecule has 126 valence electrons. The van der Waals surface area contributed by atoms with Gasteiger partial charge in [0.15, 0.2) is 0 Å². The van der Waals surface area contributed by atoms with Crippen LogP contribution in [-0.4, -0.2) is 17.0 Å². The monoisotopic (exact) mass is 333 g/mol. The van der Waals surface area contributed by atoms with E-state index in [1.54, 1.807) is 42.6 Å². The summed E-state index contributed by atoms with van der Waals surface area (Å²) < 4.78 is 1.52. The fourth-order valence-electron chi connectivity index (χ4n) is 2.54. The lowest BCUT2D eigenvalue weighted by atomic mass is 10.1. The van der Waals surface area contributed by atoms with Crippen LogP contribution in [0, 0.1) is 0 Å². The summed E-state index contributed by atoms with van der Waals surface area (Å²) in [6.45, 7) is 0.350. The number of carbonyl (C=O) groups excluding carboxylic acids is 1. The molecule has 1 atom stereocenters. The Morgan fingerprint density at radius 1 is 0.960 bits per heavy atom. The van der Waals surface area contributed by atoms with Crippen LogP contribution in [0.4, 0.5) is 0 Å². The molecule has 5 heteroatoms. The van der Waals surface area contributed by atoms with Crippen molar-refractivity contribution in [3.63, 3.8) is 0 Å². The Hall–Kier alpha value is -3.18. The normalized spacial score (nSPS) is 11.7. The van der Waals surface area contributed by atoms with Crippen LogP contribution < -0.4 is 16.6 Å². The first-order chi connectivity index (χ1) is 12.1. The predicted molar refractivity (Wildman–Crippen MR) is 97.7 cm³/mol. The lowest BCUT2D eigenvalue weighted by molar-refractivity contribution is 0.0951. The first kappa shape index (κ1) is 16.7. The molecular formula is C20H19N3O2. The summed E-state index contributed by atoms with van der Waals surface area (Å²) >= 11 is 0. The molecule has 1 amide bonds. The van der Waals surface area contributed by atoms with E-state index in [1.165, 1.54) is 10.6 Å². The van der Waals surface area contributed by atoms with Gasteiger partial charge in [0.1, 0.15) is 0 Å². The van der Waals surface area contributed by atoms with Gasteiger partial charge in [-0.05, 0) is 35.9 Å². The summed E-state index contributed by atoms with van der Waals surface area (Å²) in [5.41, 5.74) is 8.17. The van der Waals surface area contributed by atoms with E-state index in [2.05, 4.69) is 5.32 Å². The number of benzene rings is 2. The largest absolute Gasteiger partial charge is 0.350 e. The number of amides is 1. The highest BCUT2D eigenvalue weighted by molar-refractivity contribution is 5.94. The number of hydrogen-bond acceptors (Lipinski definition) is 3. The standard InChI is InChI=1S/C20H19N3O2/c21-18(15-6-2-1-3-7-15)14-22-20(25)16-9-11-17(12-10-16)23-13-5-4-8-19(23)24/h1-13,18H,14,21H2,(H,22,25). The second kappa shape index (κ2) is 7.59. The fourth-order valence-corrected chi connectivity index (χ4v) is 2.54. The molecule has 1 heterocycles. The molecule has 0 saturated carbocycles. The van der Waals surface area contributed by atoms with Crippen LogP contribution in [0.3, 0.4) is 0 Å². The van der Waals surface area contributed by atoms with E-state index < -0.39 is 0 Å². The van der Waals surface area contributed by atoms with E-state index in [1.807, 2.05) is 30.3 Å². The maximum atomic E-state index is 12.3. The number of rotatable bonds is 5. The van der Waals surface area contributed by atoms with Gasteiger partial charge in [0.2, 0.25) is 0 Å². The molecule has 25 heavy (non-hydrogen) atoms. The molecule has 5 nitrogen and oxygen atoms in total. The van der Waals surface area contributed by atoms with E-state index in [4.69, 9.17) is 5.73 Å². The van der Waals surface area contributed by atoms with Crippen molar-refractivity contribution in [2.24, 2.45) is 5.73 Å². The minimum atomic E-state index is -0.257. The van der Waals surface area contributed by atoms with E-state index in [0.29, 0.717) is 17.8 Å². The Labute approximate surface area is 145 Å². The first-order valence-electron chi connectivity index (χ1n) is 8.02. The van der Waals surface area contributed by atoms with Crippen LogP contribution >= 0.6 is 0 Å². The smallest absolute Gasteiger partial charge is 0.255 e. The van der Waals surface area contributed by atoms with E-state index >= 15 is 0 Å². The molecule has 0 aliphatic carbocycles. The Bertz CT molecular complexity index is 902. The average Bonchev–Trinajstić information content (AvgIpc) is 2.67. The van der Waals surface area contributed by atoms with E-state index in [-0.39, 0.29) is 17.5 Å². The Balaban J connectivity index is 1.65. The summed E-state index contributed by atoms with van der Waals surface area (Å²) in [5.74, 6) is -0.196. The van der Waals surface area contributed by atoms with Crippen molar-refractivity contribution < 1.29 is 4.79 Å². The SMILES string of the molecule is NC(CNC(=O)c1ccc(-n2ccccc2=O)cc1)c1ccccc1. The molecule has 2 aromatic carbocycles. The van der Waals surface area contributed by atoms with Crippen molar-refractivity contribution in [1.29, 1.82) is 0 Å². The highest BCUT2D eigenvalue weighted by Gasteiger charge is 2.10. The van der Waals surface area contributed by atoms with Crippen molar-refractivity contribution in [3.05, 3.63) is 100 Å². The van der Waals surface area contributed by atoms with Gasteiger partial charge < -0.3 is 11.1 Å². The Kier molecular flexibility index (Phi) is 5.06. The number of nitrogens with two attached hydrogens (primary N) is 1. The summed E-state index contributed by atoms with van der Waals surface area (Å²) in [7, 11) is 0. The third-order valence-corrected chi connectivity index (χ3v) is 3.94. The molecule has 3 rings (SSSR count). The summed E-state index contributed by atoms with van der Waals surface area (Å²) in [5, 5.41) is 2.84. The van der Waals surface area contributed by atoms with Crippen molar-refractivity contribution in [1.82, 2.24) is 9.88 Å². The molecule has 0 radical (unpaired) electrons. The van der Waals surface area contributed by atoms with Gasteiger partial charge in [0.25, 0.3) is 11.5 Å². The second-order valence-electron chi connectivity index (χ2n) is 5.68. The third-order valence-electron chi connectivity index (χ3n) is 3.94. The van der Waals surface area contributed by atoms with Gasteiger partial charge in [-0.3, -0.25) is 14.2 Å². The molecule has 0 aliphatic heterocycles. The van der Waals surface area contributed by atoms with Gasteiger partial charge in [-0.25, -0.2) is 0 Å². The minimum Gasteiger partial charge on any atom is -0.350 e. The summed E-state index contributed by atoms with van der Waals surface area (Å²) in [6, 6.07) is 21.2. The molecule has 3 aromatic rings. The lowest BCUT2D eigenvalue weighted by Crippen LogP contribution is -2.31. The van der Waals surface area contributed by atoms with Crippen LogP contribution in [0.25, 0.3) is 5.69 Å². The number of carbonyl (C=O) groups is 1. The zero-order valence-corrected chi connectivity index (χ0v) is 13.6. The van der Waals surface area contributed by atoms with E-state index in [9.17, 15) is 9.59 Å². The molecule has 0 bridgehead atoms. The van der Waals surface area contributed by atoms with Crippen molar-refractivity contribution >= 4 is 5.91 Å². The fraction of sp³-hybridized carbons (Fsp3) is 0.100. The van der Waals surface area contributed by atoms with Crippen molar-refractivity contribution in [3.8, 4) is 5.69 Å². The molecule has 3 N–H and O–H groups in total. The lowest BCUT2D eigenvalue weighted by Gasteiger charge is -2.13. The molecule has 0 aliphatic rings. The minimum absolute atomic E-state index is 0.117. The number of nitrogens with one attached hydrogen (secondary N) is 1. The zero-order chi connectivity index (χ0) is 17.6. The zero-order valence-electron chi connectivity index (χ0n) is 13.6. The van der Waals surface area contributed by atoms with Crippen LogP contribution in [0.15, 0.2) is 83.8 Å². The number of hydrogen-bond donors (Lipinski definition) is 2. The average molecular weight is 333 g/mol. The second-order valence-corrected chi connectivity index (χ2v) is 5.68. The topological polar surface area (TPSA) is 77.1 Å². The van der Waals surface area contributed by atoms with Gasteiger partial charge in [-0.15, -0.1) is 0 Å². The predicted octanol–water partition coefficient (Wildman–Crippen LogP) is 2.27. The van der Waals surface area contributed by atoms with E-state index in [0.717, 1.165) is 5.56 Å². The highest BCUT2D eigenvalue weighted by Crippen LogP contribution is 2.10. The van der Waals surface area contributed by atoms with Crippen molar-refractivity contribution in [2.45, 2.75) is 6.04 Å². The van der Waals surface area contributed by atoms with Crippen LogP contribution in [-0.2, 0) is 0 Å². The molecule has 0 saturated heterocycles. The molecule has 1 aromatic heterocycles. The highest BCUT2D eigenvalue weighted by atomic mass is 16.1. The Morgan fingerprint density at radius 3 is 2.32 bits per heavy atom. The van der Waals surface area contributed by atoms with Gasteiger partial charge in [0.05, 0.1) is 0 Å². The molecule has 0 fully saturated rings. The maximum absolute atomic E-state index is 12.3. The van der Waals surface area contributed by atoms with Gasteiger partial charge in [-0.1, -0.05) is 36.4 Å². The maximum Gasteiger partial charge on any atom is 0.255 e. The van der Waals surface area contributed by atoms with Crippen molar-refractivity contribution in [2.75, 3.05) is 6.54 Å². The summed E-state index contributed by atoms with van der Waals surface area (Å²) in [4.78, 5) is 24.1. The third kappa shape index (κ3) is 4.02. The van der Waals surface area contributed by atoms with Gasteiger partial charge in [-0.2, -0.15) is 0 Å². The van der Waals surface area contributed by atoms with Gasteiger partial charge in [0, 0.05) is 36.1 Å².